The van der Waals surface area contributed by atoms with Crippen LogP contribution in [0, 0.1) is 0 Å². The molecule has 9 nitrogen and oxygen atoms in total. The molecule has 0 radical (unpaired) electrons. The first-order chi connectivity index (χ1) is 14.0. The molecule has 0 aromatic heterocycles. The lowest BCUT2D eigenvalue weighted by molar-refractivity contribution is -0.138. The molecule has 1 aromatic rings. The zero-order valence-corrected chi connectivity index (χ0v) is 19.3. The molecule has 10 heteroatoms. The van der Waals surface area contributed by atoms with E-state index in [4.69, 9.17) is 14.6 Å². The predicted octanol–water partition coefficient (Wildman–Crippen LogP) is 3.14. The average molecular weight is 456 g/mol. The summed E-state index contributed by atoms with van der Waals surface area (Å²) in [7, 11) is -4.59. The smallest absolute Gasteiger partial charge is 0.408 e. The van der Waals surface area contributed by atoms with Gasteiger partial charge in [0, 0.05) is 5.56 Å². The molecule has 1 atom stereocenters. The Morgan fingerprint density at radius 1 is 1.10 bits per heavy atom. The van der Waals surface area contributed by atoms with Gasteiger partial charge in [0.25, 0.3) is 5.12 Å². The molecule has 0 fully saturated rings. The molecule has 1 aromatic carbocycles. The number of ether oxygens (including phenoxy) is 2. The van der Waals surface area contributed by atoms with E-state index in [1.54, 1.807) is 32.9 Å². The molecule has 1 rings (SSSR count). The van der Waals surface area contributed by atoms with Crippen LogP contribution in [0.4, 0.5) is 4.79 Å². The van der Waals surface area contributed by atoms with E-state index in [-0.39, 0.29) is 5.41 Å². The average Bonchev–Trinajstić information content (AvgIpc) is 2.57. The van der Waals surface area contributed by atoms with E-state index in [1.165, 1.54) is 0 Å². The third kappa shape index (κ3) is 8.79. The molecule has 0 aliphatic rings. The van der Waals surface area contributed by atoms with Gasteiger partial charge in [0.1, 0.15) is 23.7 Å². The number of hydrogen-bond acceptors (Lipinski definition) is 7. The topological polar surface area (TPSA) is 136 Å². The van der Waals surface area contributed by atoms with Crippen LogP contribution in [0.15, 0.2) is 35.9 Å². The van der Waals surface area contributed by atoms with E-state index in [0.29, 0.717) is 11.2 Å². The Morgan fingerprint density at radius 3 is 2.19 bits per heavy atom. The fraction of sp³-hybridized carbons (Fsp3) is 0.476. The molecule has 0 bridgehead atoms. The van der Waals surface area contributed by atoms with Crippen LogP contribution < -0.4 is 10.1 Å². The molecule has 172 valence electrons. The van der Waals surface area contributed by atoms with Crippen molar-refractivity contribution in [2.75, 3.05) is 0 Å². The van der Waals surface area contributed by atoms with Crippen LogP contribution in [0.5, 0.6) is 5.75 Å². The van der Waals surface area contributed by atoms with Gasteiger partial charge in [-0.2, -0.15) is 0 Å². The van der Waals surface area contributed by atoms with E-state index in [1.807, 2.05) is 38.2 Å². The summed E-state index contributed by atoms with van der Waals surface area (Å²) in [5.41, 5.74) is -0.379. The number of benzene rings is 1. The van der Waals surface area contributed by atoms with Gasteiger partial charge in [-0.1, -0.05) is 39.0 Å². The maximum Gasteiger partial charge on any atom is 0.408 e. The van der Waals surface area contributed by atoms with Crippen LogP contribution in [-0.2, 0) is 29.6 Å². The molecular formula is C21H29NO8S. The Labute approximate surface area is 182 Å². The monoisotopic (exact) mass is 455 g/mol. The number of nitrogens with one attached hydrogen (secondary N) is 1. The number of alkyl carbamates (subject to hydrolysis) is 1. The SMILES string of the molecule is CC(C)(C)OC(=O)N[C@@H](CC(=O)O)C(=O)S(=O)(=O)C=COc1ccccc1C(C)(C)C. The first-order valence-electron chi connectivity index (χ1n) is 9.46. The van der Waals surface area contributed by atoms with Gasteiger partial charge in [0.05, 0.1) is 11.8 Å². The first kappa shape index (κ1) is 26.2. The highest BCUT2D eigenvalue weighted by Gasteiger charge is 2.33. The number of carbonyl (C=O) groups excluding carboxylic acids is 2. The normalized spacial score (nSPS) is 13.5. The summed E-state index contributed by atoms with van der Waals surface area (Å²) in [5.74, 6) is -1.06. The number of carbonyl (C=O) groups is 3. The summed E-state index contributed by atoms with van der Waals surface area (Å²) < 4.78 is 35.2. The molecule has 0 spiro atoms. The Balaban J connectivity index is 3.03. The number of amides is 1. The Hall–Kier alpha value is -2.88. The molecular weight excluding hydrogens is 426 g/mol. The molecule has 0 aliphatic heterocycles. The van der Waals surface area contributed by atoms with E-state index in [0.717, 1.165) is 11.8 Å². The van der Waals surface area contributed by atoms with Crippen molar-refractivity contribution in [3.63, 3.8) is 0 Å². The number of sulfone groups is 1. The highest BCUT2D eigenvalue weighted by Crippen LogP contribution is 2.31. The second kappa shape index (κ2) is 9.95. The molecule has 0 heterocycles. The number of carboxylic acids is 1. The lowest BCUT2D eigenvalue weighted by Gasteiger charge is -2.22. The van der Waals surface area contributed by atoms with Crippen molar-refractivity contribution in [1.82, 2.24) is 5.32 Å². The summed E-state index contributed by atoms with van der Waals surface area (Å²) in [5, 5.41) is 10.0. The molecule has 1 amide bonds. The Morgan fingerprint density at radius 2 is 1.68 bits per heavy atom. The minimum Gasteiger partial charge on any atom is -0.481 e. The number of para-hydroxylation sites is 1. The number of carboxylic acid groups (broad SMARTS) is 1. The van der Waals surface area contributed by atoms with Crippen molar-refractivity contribution in [3.8, 4) is 5.75 Å². The minimum atomic E-state index is -4.59. The fourth-order valence-electron chi connectivity index (χ4n) is 2.45. The zero-order valence-electron chi connectivity index (χ0n) is 18.5. The highest BCUT2D eigenvalue weighted by molar-refractivity contribution is 8.08. The minimum absolute atomic E-state index is 0.275. The quantitative estimate of drug-likeness (QED) is 0.599. The highest BCUT2D eigenvalue weighted by atomic mass is 32.2. The summed E-state index contributed by atoms with van der Waals surface area (Å²) in [6, 6.07) is 5.18. The summed E-state index contributed by atoms with van der Waals surface area (Å²) in [4.78, 5) is 35.4. The molecule has 0 aliphatic carbocycles. The van der Waals surface area contributed by atoms with E-state index < -0.39 is 45.1 Å². The fourth-order valence-corrected chi connectivity index (χ4v) is 3.32. The Bertz CT molecular complexity index is 952. The predicted molar refractivity (Wildman–Crippen MR) is 114 cm³/mol. The van der Waals surface area contributed by atoms with Gasteiger partial charge in [0.2, 0.25) is 9.84 Å². The van der Waals surface area contributed by atoms with Gasteiger partial charge in [-0.25, -0.2) is 13.2 Å². The zero-order chi connectivity index (χ0) is 24.0. The largest absolute Gasteiger partial charge is 0.481 e. The van der Waals surface area contributed by atoms with E-state index in [9.17, 15) is 22.8 Å². The van der Waals surface area contributed by atoms with Crippen LogP contribution in [0.25, 0.3) is 0 Å². The van der Waals surface area contributed by atoms with Crippen LogP contribution in [-0.4, -0.2) is 42.3 Å². The van der Waals surface area contributed by atoms with Crippen LogP contribution in [0.2, 0.25) is 0 Å². The number of aliphatic carboxylic acids is 1. The van der Waals surface area contributed by atoms with Gasteiger partial charge in [-0.05, 0) is 32.3 Å². The van der Waals surface area contributed by atoms with Crippen LogP contribution in [0.1, 0.15) is 53.5 Å². The van der Waals surface area contributed by atoms with Crippen molar-refractivity contribution in [2.24, 2.45) is 0 Å². The third-order valence-electron chi connectivity index (χ3n) is 3.76. The second-order valence-corrected chi connectivity index (χ2v) is 10.6. The Kier molecular flexibility index (Phi) is 8.40. The summed E-state index contributed by atoms with van der Waals surface area (Å²) in [6.07, 6.45) is -1.20. The van der Waals surface area contributed by atoms with Crippen molar-refractivity contribution >= 4 is 27.0 Å². The second-order valence-electron chi connectivity index (χ2n) is 8.80. The molecule has 0 unspecified atom stereocenters. The summed E-state index contributed by atoms with van der Waals surface area (Å²) >= 11 is 0. The van der Waals surface area contributed by atoms with Crippen LogP contribution >= 0.6 is 0 Å². The van der Waals surface area contributed by atoms with Gasteiger partial charge in [0.15, 0.2) is 0 Å². The van der Waals surface area contributed by atoms with Gasteiger partial charge in [-0.15, -0.1) is 0 Å². The molecule has 0 saturated heterocycles. The van der Waals surface area contributed by atoms with E-state index in [2.05, 4.69) is 0 Å². The van der Waals surface area contributed by atoms with Gasteiger partial charge < -0.3 is 19.9 Å². The van der Waals surface area contributed by atoms with Gasteiger partial charge >= 0.3 is 12.1 Å². The van der Waals surface area contributed by atoms with E-state index >= 15 is 0 Å². The standard InChI is InChI=1S/C21H29NO8S/c1-20(2,3)14-9-7-8-10-16(14)29-11-12-31(27,28)18(25)15(13-17(23)24)22-19(26)30-21(4,5)6/h7-12,15H,13H2,1-6H3,(H,22,26)(H,23,24)/t15-/m0/s1. The number of rotatable bonds is 7. The number of hydrogen-bond donors (Lipinski definition) is 2. The van der Waals surface area contributed by atoms with Crippen molar-refractivity contribution in [1.29, 1.82) is 0 Å². The molecule has 0 saturated carbocycles. The maximum absolute atomic E-state index is 12.4. The summed E-state index contributed by atoms with van der Waals surface area (Å²) in [6.45, 7) is 10.6. The van der Waals surface area contributed by atoms with Crippen LogP contribution in [0.3, 0.4) is 0 Å². The molecule has 31 heavy (non-hydrogen) atoms. The first-order valence-corrected chi connectivity index (χ1v) is 11.0. The van der Waals surface area contributed by atoms with Crippen molar-refractivity contribution < 1.29 is 37.4 Å². The lowest BCUT2D eigenvalue weighted by atomic mass is 9.86. The lowest BCUT2D eigenvalue weighted by Crippen LogP contribution is -2.46. The van der Waals surface area contributed by atoms with Crippen molar-refractivity contribution in [2.45, 2.75) is 65.0 Å². The molecule has 2 N–H and O–H groups in total. The van der Waals surface area contributed by atoms with Crippen molar-refractivity contribution in [3.05, 3.63) is 41.5 Å². The third-order valence-corrected chi connectivity index (χ3v) is 5.07. The maximum atomic E-state index is 12.4. The van der Waals surface area contributed by atoms with Gasteiger partial charge in [-0.3, -0.25) is 9.59 Å².